The van der Waals surface area contributed by atoms with E-state index in [1.54, 1.807) is 11.1 Å². The van der Waals surface area contributed by atoms with Crippen LogP contribution in [0.5, 0.6) is 11.6 Å². The third kappa shape index (κ3) is 4.98. The second-order valence-corrected chi connectivity index (χ2v) is 9.72. The number of carbonyl (C=O) groups is 1. The molecule has 0 atom stereocenters. The predicted octanol–water partition coefficient (Wildman–Crippen LogP) is 3.08. The number of aliphatic hydroxyl groups excluding tert-OH is 1. The monoisotopic (exact) mass is 534 g/mol. The van der Waals surface area contributed by atoms with Crippen LogP contribution < -0.4 is 4.74 Å². The molecule has 3 aromatic rings. The largest absolute Gasteiger partial charge is 0.437 e. The summed E-state index contributed by atoms with van der Waals surface area (Å²) in [6, 6.07) is 5.73. The summed E-state index contributed by atoms with van der Waals surface area (Å²) in [6.45, 7) is 3.55. The molecule has 0 unspecified atom stereocenters. The summed E-state index contributed by atoms with van der Waals surface area (Å²) in [5.41, 5.74) is 2.59. The van der Waals surface area contributed by atoms with E-state index in [1.807, 2.05) is 22.9 Å². The van der Waals surface area contributed by atoms with Crippen LogP contribution in [-0.4, -0.2) is 73.6 Å². The average Bonchev–Trinajstić information content (AvgIpc) is 3.55. The van der Waals surface area contributed by atoms with Crippen molar-refractivity contribution in [1.29, 1.82) is 0 Å². The number of rotatable bonds is 7. The Balaban J connectivity index is 1.33. The fraction of sp³-hybridized carbons (Fsp3) is 0.455. The van der Waals surface area contributed by atoms with Gasteiger partial charge in [0.1, 0.15) is 17.9 Å². The molecule has 0 spiro atoms. The first-order valence-electron chi connectivity index (χ1n) is 11.0. The molecule has 3 heterocycles. The van der Waals surface area contributed by atoms with Gasteiger partial charge in [0.05, 0.1) is 15.0 Å². The summed E-state index contributed by atoms with van der Waals surface area (Å²) in [7, 11) is 0. The molecule has 0 bridgehead atoms. The normalized spacial score (nSPS) is 17.0. The number of carbonyl (C=O) groups excluding carboxylic acids is 1. The number of halogens is 2. The Bertz CT molecular complexity index is 1180. The molecule has 1 amide bonds. The maximum Gasteiger partial charge on any atom is 0.248 e. The van der Waals surface area contributed by atoms with E-state index in [-0.39, 0.29) is 5.91 Å². The van der Waals surface area contributed by atoms with Crippen LogP contribution in [0.1, 0.15) is 18.4 Å². The number of aliphatic hydroxyl groups is 1. The van der Waals surface area contributed by atoms with Crippen LogP contribution in [0.3, 0.4) is 0 Å². The van der Waals surface area contributed by atoms with E-state index in [4.69, 9.17) is 21.4 Å². The lowest BCUT2D eigenvalue weighted by molar-refractivity contribution is -0.136. The maximum atomic E-state index is 11.7. The lowest BCUT2D eigenvalue weighted by Crippen LogP contribution is -2.49. The van der Waals surface area contributed by atoms with Gasteiger partial charge in [0.15, 0.2) is 0 Å². The lowest BCUT2D eigenvalue weighted by atomic mass is 10.2. The topological polar surface area (TPSA) is 96.6 Å². The second kappa shape index (κ2) is 9.54. The summed E-state index contributed by atoms with van der Waals surface area (Å²) in [5.74, 6) is 1.54. The number of nitrogens with zero attached hydrogens (tertiary/aromatic N) is 6. The van der Waals surface area contributed by atoms with Crippen molar-refractivity contribution in [2.45, 2.75) is 25.9 Å². The van der Waals surface area contributed by atoms with Gasteiger partial charge < -0.3 is 14.7 Å². The van der Waals surface area contributed by atoms with Gasteiger partial charge in [0.2, 0.25) is 11.8 Å². The molecule has 11 heteroatoms. The smallest absolute Gasteiger partial charge is 0.248 e. The van der Waals surface area contributed by atoms with Crippen LogP contribution in [0.25, 0.3) is 11.0 Å². The molecule has 9 nitrogen and oxygen atoms in total. The zero-order valence-corrected chi connectivity index (χ0v) is 20.3. The summed E-state index contributed by atoms with van der Waals surface area (Å²) in [4.78, 5) is 20.0. The minimum Gasteiger partial charge on any atom is -0.437 e. The number of amides is 1. The van der Waals surface area contributed by atoms with E-state index in [2.05, 4.69) is 36.1 Å². The molecular formula is C22H24BrClN6O3. The number of pyridine rings is 1. The third-order valence-electron chi connectivity index (χ3n) is 6.07. The van der Waals surface area contributed by atoms with Crippen molar-refractivity contribution in [3.05, 3.63) is 39.5 Å². The van der Waals surface area contributed by atoms with E-state index in [9.17, 15) is 4.79 Å². The molecule has 1 aliphatic carbocycles. The van der Waals surface area contributed by atoms with Gasteiger partial charge in [-0.3, -0.25) is 9.69 Å². The highest BCUT2D eigenvalue weighted by atomic mass is 79.9. The molecule has 5 rings (SSSR count). The van der Waals surface area contributed by atoms with E-state index in [0.29, 0.717) is 55.3 Å². The first-order chi connectivity index (χ1) is 16.0. The molecular weight excluding hydrogens is 512 g/mol. The molecule has 33 heavy (non-hydrogen) atoms. The fourth-order valence-electron chi connectivity index (χ4n) is 4.02. The lowest BCUT2D eigenvalue weighted by Gasteiger charge is -2.34. The van der Waals surface area contributed by atoms with Crippen LogP contribution in [0.4, 0.5) is 0 Å². The number of fused-ring (bicyclic) bond motifs is 1. The highest BCUT2D eigenvalue weighted by molar-refractivity contribution is 9.10. The molecule has 1 saturated carbocycles. The van der Waals surface area contributed by atoms with Crippen LogP contribution >= 0.6 is 27.5 Å². The molecule has 1 saturated heterocycles. The number of ether oxygens (including phenoxy) is 1. The maximum absolute atomic E-state index is 11.7. The summed E-state index contributed by atoms with van der Waals surface area (Å²) in [5, 5.41) is 18.3. The minimum absolute atomic E-state index is 0.239. The Morgan fingerprint density at radius 3 is 2.76 bits per heavy atom. The van der Waals surface area contributed by atoms with Crippen molar-refractivity contribution in [1.82, 2.24) is 29.8 Å². The van der Waals surface area contributed by atoms with Gasteiger partial charge in [0.25, 0.3) is 0 Å². The SMILES string of the molecule is O=C(CO)N1CCN(Cc2cc(Cl)cnc2Oc2ccc3c(nnn3CC3CC3)c2Br)CC1. The van der Waals surface area contributed by atoms with Gasteiger partial charge in [-0.15, -0.1) is 5.10 Å². The van der Waals surface area contributed by atoms with Gasteiger partial charge in [-0.1, -0.05) is 16.8 Å². The van der Waals surface area contributed by atoms with Crippen LogP contribution in [0.2, 0.25) is 5.02 Å². The zero-order chi connectivity index (χ0) is 22.9. The van der Waals surface area contributed by atoms with Gasteiger partial charge in [0, 0.05) is 51.0 Å². The van der Waals surface area contributed by atoms with Crippen molar-refractivity contribution >= 4 is 44.5 Å². The van der Waals surface area contributed by atoms with Crippen molar-refractivity contribution in [3.63, 3.8) is 0 Å². The highest BCUT2D eigenvalue weighted by Gasteiger charge is 2.25. The van der Waals surface area contributed by atoms with Crippen LogP contribution in [0, 0.1) is 5.92 Å². The highest BCUT2D eigenvalue weighted by Crippen LogP contribution is 2.37. The Hall–Kier alpha value is -2.27. The average molecular weight is 536 g/mol. The standard InChI is InChI=1S/C22H24BrClN6O3/c23-20-18(4-3-17-21(20)26-27-30(17)11-14-1-2-14)33-22-15(9-16(24)10-25-22)12-28-5-7-29(8-6-28)19(32)13-31/h3-4,9-10,14,31H,1-2,5-8,11-13H2. The first kappa shape index (κ1) is 22.5. The summed E-state index contributed by atoms with van der Waals surface area (Å²) in [6.07, 6.45) is 4.07. The molecule has 174 valence electrons. The van der Waals surface area contributed by atoms with E-state index >= 15 is 0 Å². The van der Waals surface area contributed by atoms with Gasteiger partial charge in [-0.2, -0.15) is 0 Å². The number of piperazine rings is 1. The minimum atomic E-state index is -0.455. The van der Waals surface area contributed by atoms with Crippen molar-refractivity contribution in [3.8, 4) is 11.6 Å². The van der Waals surface area contributed by atoms with E-state index in [0.717, 1.165) is 27.6 Å². The molecule has 1 aliphatic heterocycles. The number of benzene rings is 1. The first-order valence-corrected chi connectivity index (χ1v) is 12.1. The van der Waals surface area contributed by atoms with E-state index in [1.165, 1.54) is 12.8 Å². The number of hydrogen-bond donors (Lipinski definition) is 1. The third-order valence-corrected chi connectivity index (χ3v) is 7.04. The van der Waals surface area contributed by atoms with E-state index < -0.39 is 6.61 Å². The predicted molar refractivity (Wildman–Crippen MR) is 126 cm³/mol. The van der Waals surface area contributed by atoms with Gasteiger partial charge >= 0.3 is 0 Å². The Labute approximate surface area is 204 Å². The Kier molecular flexibility index (Phi) is 6.51. The molecule has 2 aromatic heterocycles. The quantitative estimate of drug-likeness (QED) is 0.497. The van der Waals surface area contributed by atoms with Crippen molar-refractivity contribution < 1.29 is 14.6 Å². The fourth-order valence-corrected chi connectivity index (χ4v) is 4.70. The summed E-state index contributed by atoms with van der Waals surface area (Å²) >= 11 is 9.87. The second-order valence-electron chi connectivity index (χ2n) is 8.50. The Morgan fingerprint density at radius 1 is 1.24 bits per heavy atom. The molecule has 2 aliphatic rings. The Morgan fingerprint density at radius 2 is 2.03 bits per heavy atom. The molecule has 0 radical (unpaired) electrons. The molecule has 1 N–H and O–H groups in total. The number of hydrogen-bond acceptors (Lipinski definition) is 7. The van der Waals surface area contributed by atoms with Crippen molar-refractivity contribution in [2.24, 2.45) is 5.92 Å². The van der Waals surface area contributed by atoms with Gasteiger partial charge in [-0.05, 0) is 52.9 Å². The summed E-state index contributed by atoms with van der Waals surface area (Å²) < 4.78 is 8.90. The molecule has 2 fully saturated rings. The van der Waals surface area contributed by atoms with Crippen molar-refractivity contribution in [2.75, 3.05) is 32.8 Å². The number of aromatic nitrogens is 4. The zero-order valence-electron chi connectivity index (χ0n) is 18.0. The van der Waals surface area contributed by atoms with Crippen LogP contribution in [0.15, 0.2) is 28.9 Å². The molecule has 1 aromatic carbocycles. The van der Waals surface area contributed by atoms with Gasteiger partial charge in [-0.25, -0.2) is 9.67 Å². The van der Waals surface area contributed by atoms with Crippen LogP contribution in [-0.2, 0) is 17.9 Å².